The summed E-state index contributed by atoms with van der Waals surface area (Å²) in [6.07, 6.45) is 1.50. The summed E-state index contributed by atoms with van der Waals surface area (Å²) in [5.41, 5.74) is 14.9. The van der Waals surface area contributed by atoms with E-state index in [4.69, 9.17) is 16.0 Å². The van der Waals surface area contributed by atoms with Gasteiger partial charge in [-0.15, -0.1) is 11.3 Å². The molecule has 0 spiro atoms. The van der Waals surface area contributed by atoms with Crippen LogP contribution in [0.1, 0.15) is 10.4 Å². The van der Waals surface area contributed by atoms with Crippen molar-refractivity contribution in [3.05, 3.63) is 63.8 Å². The van der Waals surface area contributed by atoms with Gasteiger partial charge in [0.25, 0.3) is 6.20 Å². The SMILES string of the molecule is N#Cc1c(N)nc2sc(/C([O-])=N/c3c[n+](-c4ccccc4)no3)c(N)c2c1-c1ccsc1. The third kappa shape index (κ3) is 3.24. The third-order valence-corrected chi connectivity index (χ3v) is 6.48. The Bertz CT molecular complexity index is 1510. The number of fused-ring (bicyclic) bond motifs is 1. The molecular formula is C21H13N7O2S2. The molecule has 4 N–H and O–H groups in total. The van der Waals surface area contributed by atoms with Gasteiger partial charge in [0, 0.05) is 29.0 Å². The Labute approximate surface area is 189 Å². The zero-order valence-corrected chi connectivity index (χ0v) is 17.9. The fraction of sp³-hybridized carbons (Fsp3) is 0. The lowest BCUT2D eigenvalue weighted by atomic mass is 9.99. The maximum absolute atomic E-state index is 12.9. The van der Waals surface area contributed by atoms with Crippen molar-refractivity contribution in [3.63, 3.8) is 0 Å². The van der Waals surface area contributed by atoms with Crippen molar-refractivity contribution < 1.29 is 14.3 Å². The number of hydrogen-bond donors (Lipinski definition) is 2. The van der Waals surface area contributed by atoms with E-state index in [2.05, 4.69) is 21.3 Å². The first-order valence-electron chi connectivity index (χ1n) is 9.21. The number of anilines is 2. The number of nitrogen functional groups attached to an aromatic ring is 2. The second-order valence-electron chi connectivity index (χ2n) is 6.63. The van der Waals surface area contributed by atoms with E-state index in [0.29, 0.717) is 15.8 Å². The van der Waals surface area contributed by atoms with Gasteiger partial charge >= 0.3 is 5.88 Å². The highest BCUT2D eigenvalue weighted by molar-refractivity contribution is 7.21. The van der Waals surface area contributed by atoms with Crippen LogP contribution in [0.3, 0.4) is 0 Å². The molecule has 4 aromatic heterocycles. The Morgan fingerprint density at radius 1 is 1.22 bits per heavy atom. The van der Waals surface area contributed by atoms with Gasteiger partial charge in [-0.3, -0.25) is 4.52 Å². The van der Waals surface area contributed by atoms with Gasteiger partial charge in [0.05, 0.1) is 10.6 Å². The second kappa shape index (κ2) is 7.77. The zero-order chi connectivity index (χ0) is 22.2. The quantitative estimate of drug-likeness (QED) is 0.238. The Morgan fingerprint density at radius 2 is 2.03 bits per heavy atom. The number of para-hydroxylation sites is 1. The number of nitrogens with zero attached hydrogens (tertiary/aromatic N) is 5. The number of thiophene rings is 2. The summed E-state index contributed by atoms with van der Waals surface area (Å²) in [5, 5.41) is 30.7. The molecule has 5 rings (SSSR count). The molecule has 0 saturated carbocycles. The van der Waals surface area contributed by atoms with Crippen LogP contribution < -0.4 is 21.3 Å². The van der Waals surface area contributed by atoms with Crippen LogP contribution in [-0.2, 0) is 0 Å². The highest BCUT2D eigenvalue weighted by Gasteiger charge is 2.22. The molecule has 0 fully saturated rings. The summed E-state index contributed by atoms with van der Waals surface area (Å²) in [6.45, 7) is 0. The predicted octanol–water partition coefficient (Wildman–Crippen LogP) is 2.76. The highest BCUT2D eigenvalue weighted by Crippen LogP contribution is 2.43. The van der Waals surface area contributed by atoms with E-state index in [0.717, 1.165) is 22.6 Å². The van der Waals surface area contributed by atoms with Crippen LogP contribution in [0.2, 0.25) is 0 Å². The Balaban J connectivity index is 1.63. The van der Waals surface area contributed by atoms with E-state index >= 15 is 0 Å². The first-order chi connectivity index (χ1) is 15.6. The van der Waals surface area contributed by atoms with E-state index in [1.165, 1.54) is 22.2 Å². The van der Waals surface area contributed by atoms with Gasteiger partial charge in [0.1, 0.15) is 22.3 Å². The number of benzene rings is 1. The van der Waals surface area contributed by atoms with Crippen LogP contribution in [0.5, 0.6) is 0 Å². The van der Waals surface area contributed by atoms with Gasteiger partial charge in [-0.2, -0.15) is 16.6 Å². The molecule has 1 aromatic carbocycles. The molecule has 0 atom stereocenters. The fourth-order valence-corrected chi connectivity index (χ4v) is 4.92. The average Bonchev–Trinajstić information content (AvgIpc) is 3.54. The number of hydrogen-bond acceptors (Lipinski definition) is 10. The second-order valence-corrected chi connectivity index (χ2v) is 8.41. The summed E-state index contributed by atoms with van der Waals surface area (Å²) < 4.78 is 6.64. The lowest BCUT2D eigenvalue weighted by molar-refractivity contribution is -0.670. The lowest BCUT2D eigenvalue weighted by Gasteiger charge is -2.09. The maximum atomic E-state index is 12.9. The van der Waals surface area contributed by atoms with Crippen molar-refractivity contribution in [1.29, 1.82) is 5.26 Å². The molecule has 0 radical (unpaired) electrons. The molecule has 4 heterocycles. The average molecular weight is 460 g/mol. The molecule has 0 aliphatic rings. The molecular weight excluding hydrogens is 446 g/mol. The number of rotatable bonds is 4. The zero-order valence-electron chi connectivity index (χ0n) is 16.2. The standard InChI is InChI=1S/C21H13N7O2S2/c22-8-13-15(11-6-7-31-10-11)16-17(23)18(32-21(16)26-19(13)24)20(29)25-14-9-28(27-30-14)12-4-2-1-3-5-12/h1-7,9-10H,(H4-,23,24,25,26,27,29). The van der Waals surface area contributed by atoms with Gasteiger partial charge in [-0.05, 0) is 27.1 Å². The highest BCUT2D eigenvalue weighted by atomic mass is 32.1. The maximum Gasteiger partial charge on any atom is 0.321 e. The van der Waals surface area contributed by atoms with Crippen molar-refractivity contribution in [3.8, 4) is 22.9 Å². The summed E-state index contributed by atoms with van der Waals surface area (Å²) in [6, 6.07) is 13.2. The molecule has 0 aliphatic carbocycles. The van der Waals surface area contributed by atoms with Crippen LogP contribution in [0.4, 0.5) is 17.4 Å². The van der Waals surface area contributed by atoms with Crippen LogP contribution in [0.25, 0.3) is 27.0 Å². The summed E-state index contributed by atoms with van der Waals surface area (Å²) in [7, 11) is 0. The van der Waals surface area contributed by atoms with Gasteiger partial charge in [-0.25, -0.2) is 9.98 Å². The first kappa shape index (κ1) is 19.7. The minimum Gasteiger partial charge on any atom is -0.857 e. The van der Waals surface area contributed by atoms with Crippen LogP contribution in [-0.4, -0.2) is 16.2 Å². The van der Waals surface area contributed by atoms with E-state index in [-0.39, 0.29) is 27.8 Å². The topological polar surface area (TPSA) is 154 Å². The Morgan fingerprint density at radius 3 is 2.75 bits per heavy atom. The smallest absolute Gasteiger partial charge is 0.321 e. The molecule has 11 heteroatoms. The van der Waals surface area contributed by atoms with Crippen LogP contribution >= 0.6 is 22.7 Å². The largest absolute Gasteiger partial charge is 0.857 e. The van der Waals surface area contributed by atoms with Crippen molar-refractivity contribution in [1.82, 2.24) is 10.3 Å². The van der Waals surface area contributed by atoms with Crippen molar-refractivity contribution in [2.24, 2.45) is 4.99 Å². The molecule has 0 unspecified atom stereocenters. The minimum atomic E-state index is -0.602. The minimum absolute atomic E-state index is 0.0268. The molecule has 0 amide bonds. The van der Waals surface area contributed by atoms with E-state index < -0.39 is 5.90 Å². The summed E-state index contributed by atoms with van der Waals surface area (Å²) >= 11 is 2.54. The lowest BCUT2D eigenvalue weighted by Crippen LogP contribution is -2.30. The number of pyridine rings is 1. The first-order valence-corrected chi connectivity index (χ1v) is 11.0. The van der Waals surface area contributed by atoms with Crippen LogP contribution in [0, 0.1) is 11.3 Å². The Kier molecular flexibility index (Phi) is 4.78. The number of nitriles is 1. The van der Waals surface area contributed by atoms with Gasteiger partial charge in [-0.1, -0.05) is 18.2 Å². The van der Waals surface area contributed by atoms with Gasteiger partial charge in [0.15, 0.2) is 0 Å². The van der Waals surface area contributed by atoms with Gasteiger partial charge in [0.2, 0.25) is 11.0 Å². The molecule has 5 aromatic rings. The van der Waals surface area contributed by atoms with Gasteiger partial charge < -0.3 is 16.6 Å². The summed E-state index contributed by atoms with van der Waals surface area (Å²) in [5.74, 6) is -0.494. The van der Waals surface area contributed by atoms with E-state index in [1.54, 1.807) is 0 Å². The van der Waals surface area contributed by atoms with Crippen molar-refractivity contribution >= 4 is 56.2 Å². The predicted molar refractivity (Wildman–Crippen MR) is 121 cm³/mol. The number of nitrogens with two attached hydrogens (primary N) is 2. The monoisotopic (exact) mass is 459 g/mol. The van der Waals surface area contributed by atoms with Crippen molar-refractivity contribution in [2.45, 2.75) is 0 Å². The number of aromatic nitrogens is 3. The normalized spacial score (nSPS) is 11.7. The fourth-order valence-electron chi connectivity index (χ4n) is 3.28. The van der Waals surface area contributed by atoms with Crippen LogP contribution in [0.15, 0.2) is 62.9 Å². The molecule has 0 saturated heterocycles. The molecule has 156 valence electrons. The number of aliphatic imine (C=N–C) groups is 1. The third-order valence-electron chi connectivity index (χ3n) is 4.71. The van der Waals surface area contributed by atoms with E-state index in [9.17, 15) is 10.4 Å². The summed E-state index contributed by atoms with van der Waals surface area (Å²) in [4.78, 5) is 8.94. The molecule has 32 heavy (non-hydrogen) atoms. The molecule has 0 bridgehead atoms. The van der Waals surface area contributed by atoms with E-state index in [1.807, 2.05) is 47.2 Å². The molecule has 0 aliphatic heterocycles. The van der Waals surface area contributed by atoms with Crippen molar-refractivity contribution in [2.75, 3.05) is 11.5 Å². The molecule has 9 nitrogen and oxygen atoms in total. The Hall–Kier alpha value is -4.27.